The summed E-state index contributed by atoms with van der Waals surface area (Å²) in [5, 5.41) is 2.05. The Balaban J connectivity index is 1.72. The van der Waals surface area contributed by atoms with Crippen molar-refractivity contribution in [1.82, 2.24) is 15.0 Å². The Hall–Kier alpha value is -3.42. The van der Waals surface area contributed by atoms with Crippen LogP contribution in [0.15, 0.2) is 36.4 Å². The van der Waals surface area contributed by atoms with Gasteiger partial charge in [-0.25, -0.2) is 0 Å². The third-order valence-corrected chi connectivity index (χ3v) is 3.98. The number of ether oxygens (including phenoxy) is 2. The molecule has 4 N–H and O–H groups in total. The first kappa shape index (κ1) is 17.4. The zero-order valence-corrected chi connectivity index (χ0v) is 14.5. The summed E-state index contributed by atoms with van der Waals surface area (Å²) in [6.07, 6.45) is 0. The Kier molecular flexibility index (Phi) is 4.83. The van der Waals surface area contributed by atoms with Gasteiger partial charge < -0.3 is 20.9 Å². The molecule has 0 spiro atoms. The normalized spacial score (nSPS) is 11.9. The molecule has 0 saturated carbocycles. The lowest BCUT2D eigenvalue weighted by molar-refractivity contribution is -0.146. The SMILES string of the molecule is COc1ccc2cc([C@H](C)C(=O)OCc3nc(N)nc(N)n3)ccc2c1. The number of nitrogens with two attached hydrogens (primary N) is 2. The number of hydrogen-bond acceptors (Lipinski definition) is 8. The largest absolute Gasteiger partial charge is 0.497 e. The topological polar surface area (TPSA) is 126 Å². The molecule has 1 atom stereocenters. The summed E-state index contributed by atoms with van der Waals surface area (Å²) in [6, 6.07) is 11.6. The van der Waals surface area contributed by atoms with Crippen molar-refractivity contribution in [2.45, 2.75) is 19.4 Å². The van der Waals surface area contributed by atoms with E-state index in [0.29, 0.717) is 0 Å². The number of nitrogens with zero attached hydrogens (tertiary/aromatic N) is 3. The third-order valence-electron chi connectivity index (χ3n) is 3.98. The number of fused-ring (bicyclic) bond motifs is 1. The quantitative estimate of drug-likeness (QED) is 0.667. The minimum absolute atomic E-state index is 0.0124. The summed E-state index contributed by atoms with van der Waals surface area (Å²) in [4.78, 5) is 23.8. The van der Waals surface area contributed by atoms with Crippen molar-refractivity contribution >= 4 is 28.6 Å². The van der Waals surface area contributed by atoms with Crippen LogP contribution in [0.25, 0.3) is 10.8 Å². The van der Waals surface area contributed by atoms with E-state index in [1.165, 1.54) is 0 Å². The standard InChI is InChI=1S/C18H19N5O3/c1-10(16(24)26-9-15-21-17(19)23-18(20)22-15)11-3-4-13-8-14(25-2)6-5-12(13)7-11/h3-8,10H,9H2,1-2H3,(H4,19,20,21,22,23)/t10-/m0/s1. The molecule has 3 rings (SSSR count). The van der Waals surface area contributed by atoms with Gasteiger partial charge in [-0.2, -0.15) is 15.0 Å². The Labute approximate surface area is 150 Å². The van der Waals surface area contributed by atoms with E-state index in [4.69, 9.17) is 20.9 Å². The average molecular weight is 353 g/mol. The molecule has 0 amide bonds. The Morgan fingerprint density at radius 2 is 1.69 bits per heavy atom. The second kappa shape index (κ2) is 7.22. The zero-order valence-electron chi connectivity index (χ0n) is 14.5. The summed E-state index contributed by atoms with van der Waals surface area (Å²) in [5.74, 6) is 0.131. The van der Waals surface area contributed by atoms with Gasteiger partial charge in [0.2, 0.25) is 11.9 Å². The number of anilines is 2. The number of esters is 1. The van der Waals surface area contributed by atoms with Crippen LogP contribution in [0.3, 0.4) is 0 Å². The van der Waals surface area contributed by atoms with Crippen LogP contribution in [-0.4, -0.2) is 28.0 Å². The summed E-state index contributed by atoms with van der Waals surface area (Å²) >= 11 is 0. The molecule has 1 aromatic heterocycles. The molecule has 26 heavy (non-hydrogen) atoms. The molecule has 3 aromatic rings. The van der Waals surface area contributed by atoms with Gasteiger partial charge in [-0.1, -0.05) is 24.3 Å². The predicted octanol–water partition coefficient (Wildman–Crippen LogP) is 2.04. The molecule has 0 saturated heterocycles. The molecule has 8 heteroatoms. The Bertz CT molecular complexity index is 940. The van der Waals surface area contributed by atoms with Gasteiger partial charge in [-0.15, -0.1) is 0 Å². The number of hydrogen-bond donors (Lipinski definition) is 2. The van der Waals surface area contributed by atoms with Gasteiger partial charge in [-0.3, -0.25) is 4.79 Å². The van der Waals surface area contributed by atoms with Crippen molar-refractivity contribution in [2.24, 2.45) is 0 Å². The summed E-state index contributed by atoms with van der Waals surface area (Å²) in [6.45, 7) is 1.66. The number of methoxy groups -OCH3 is 1. The van der Waals surface area contributed by atoms with Crippen molar-refractivity contribution < 1.29 is 14.3 Å². The van der Waals surface area contributed by atoms with Gasteiger partial charge in [0.05, 0.1) is 13.0 Å². The lowest BCUT2D eigenvalue weighted by Gasteiger charge is -2.13. The van der Waals surface area contributed by atoms with Crippen molar-refractivity contribution in [3.05, 3.63) is 47.8 Å². The third kappa shape index (κ3) is 3.80. The fourth-order valence-electron chi connectivity index (χ4n) is 2.56. The molecule has 8 nitrogen and oxygen atoms in total. The smallest absolute Gasteiger partial charge is 0.313 e. The molecular formula is C18H19N5O3. The van der Waals surface area contributed by atoms with Crippen LogP contribution >= 0.6 is 0 Å². The number of benzene rings is 2. The lowest BCUT2D eigenvalue weighted by atomic mass is 9.98. The van der Waals surface area contributed by atoms with Crippen LogP contribution < -0.4 is 16.2 Å². The van der Waals surface area contributed by atoms with E-state index in [2.05, 4.69) is 15.0 Å². The summed E-state index contributed by atoms with van der Waals surface area (Å²) in [7, 11) is 1.63. The van der Waals surface area contributed by atoms with Crippen LogP contribution in [0.1, 0.15) is 24.2 Å². The number of carbonyl (C=O) groups is 1. The molecule has 1 heterocycles. The van der Waals surface area contributed by atoms with Crippen molar-refractivity contribution in [2.75, 3.05) is 18.6 Å². The molecule has 0 fully saturated rings. The van der Waals surface area contributed by atoms with Gasteiger partial charge in [0.1, 0.15) is 5.75 Å². The van der Waals surface area contributed by atoms with Crippen molar-refractivity contribution in [3.8, 4) is 5.75 Å². The van der Waals surface area contributed by atoms with Crippen LogP contribution in [-0.2, 0) is 16.1 Å². The maximum atomic E-state index is 12.3. The summed E-state index contributed by atoms with van der Waals surface area (Å²) < 4.78 is 10.5. The first-order valence-corrected chi connectivity index (χ1v) is 7.96. The maximum Gasteiger partial charge on any atom is 0.313 e. The molecule has 0 aliphatic rings. The van der Waals surface area contributed by atoms with Gasteiger partial charge in [0.15, 0.2) is 12.4 Å². The molecule has 0 aliphatic carbocycles. The fraction of sp³-hybridized carbons (Fsp3) is 0.222. The second-order valence-corrected chi connectivity index (χ2v) is 5.77. The van der Waals surface area contributed by atoms with Gasteiger partial charge in [0, 0.05) is 0 Å². The molecule has 2 aromatic carbocycles. The van der Waals surface area contributed by atoms with E-state index in [1.807, 2.05) is 36.4 Å². The highest BCUT2D eigenvalue weighted by atomic mass is 16.5. The first-order chi connectivity index (χ1) is 12.5. The van der Waals surface area contributed by atoms with E-state index < -0.39 is 11.9 Å². The lowest BCUT2D eigenvalue weighted by Crippen LogP contribution is -2.15. The predicted molar refractivity (Wildman–Crippen MR) is 97.4 cm³/mol. The van der Waals surface area contributed by atoms with E-state index in [-0.39, 0.29) is 24.3 Å². The zero-order chi connectivity index (χ0) is 18.7. The van der Waals surface area contributed by atoms with E-state index >= 15 is 0 Å². The Morgan fingerprint density at radius 1 is 1.04 bits per heavy atom. The highest BCUT2D eigenvalue weighted by Gasteiger charge is 2.18. The summed E-state index contributed by atoms with van der Waals surface area (Å²) in [5.41, 5.74) is 11.8. The van der Waals surface area contributed by atoms with E-state index in [0.717, 1.165) is 22.1 Å². The van der Waals surface area contributed by atoms with Crippen molar-refractivity contribution in [1.29, 1.82) is 0 Å². The van der Waals surface area contributed by atoms with Crippen LogP contribution in [0.2, 0.25) is 0 Å². The monoisotopic (exact) mass is 353 g/mol. The van der Waals surface area contributed by atoms with E-state index in [1.54, 1.807) is 14.0 Å². The molecule has 0 unspecified atom stereocenters. The van der Waals surface area contributed by atoms with Gasteiger partial charge in [0.25, 0.3) is 0 Å². The molecule has 0 bridgehead atoms. The number of carbonyl (C=O) groups excluding carboxylic acids is 1. The number of aromatic nitrogens is 3. The van der Waals surface area contributed by atoms with Crippen LogP contribution in [0, 0.1) is 0 Å². The van der Waals surface area contributed by atoms with Gasteiger partial charge >= 0.3 is 5.97 Å². The molecule has 0 radical (unpaired) electrons. The average Bonchev–Trinajstić information content (AvgIpc) is 2.63. The first-order valence-electron chi connectivity index (χ1n) is 7.96. The minimum Gasteiger partial charge on any atom is -0.497 e. The van der Waals surface area contributed by atoms with Crippen molar-refractivity contribution in [3.63, 3.8) is 0 Å². The minimum atomic E-state index is -0.446. The second-order valence-electron chi connectivity index (χ2n) is 5.77. The maximum absolute atomic E-state index is 12.3. The molecular weight excluding hydrogens is 334 g/mol. The Morgan fingerprint density at radius 3 is 2.38 bits per heavy atom. The highest BCUT2D eigenvalue weighted by Crippen LogP contribution is 2.25. The number of rotatable bonds is 5. The van der Waals surface area contributed by atoms with Crippen LogP contribution in [0.5, 0.6) is 5.75 Å². The van der Waals surface area contributed by atoms with E-state index in [9.17, 15) is 4.79 Å². The van der Waals surface area contributed by atoms with Crippen LogP contribution in [0.4, 0.5) is 11.9 Å². The highest BCUT2D eigenvalue weighted by molar-refractivity contribution is 5.86. The molecule has 0 aliphatic heterocycles. The molecule has 134 valence electrons. The number of nitrogen functional groups attached to an aromatic ring is 2. The fourth-order valence-corrected chi connectivity index (χ4v) is 2.56. The van der Waals surface area contributed by atoms with Gasteiger partial charge in [-0.05, 0) is 35.4 Å².